The molecule has 0 aromatic heterocycles. The summed E-state index contributed by atoms with van der Waals surface area (Å²) in [5, 5.41) is 0. The zero-order valence-electron chi connectivity index (χ0n) is 6.94. The Morgan fingerprint density at radius 1 is 1.17 bits per heavy atom. The molecule has 0 heterocycles. The molecule has 1 saturated carbocycles. The van der Waals surface area contributed by atoms with E-state index in [0.29, 0.717) is 0 Å². The quantitative estimate of drug-likeness (QED) is 0.749. The van der Waals surface area contributed by atoms with Gasteiger partial charge in [0.25, 0.3) is 0 Å². The molecule has 1 aliphatic rings. The molecule has 0 bridgehead atoms. The second kappa shape index (κ2) is 3.92. The second-order valence-electron chi connectivity index (χ2n) is 3.27. The van der Waals surface area contributed by atoms with Crippen LogP contribution in [0.2, 0.25) is 0 Å². The van der Waals surface area contributed by atoms with Crippen molar-refractivity contribution in [3.63, 3.8) is 0 Å². The van der Waals surface area contributed by atoms with E-state index in [9.17, 15) is 0 Å². The Kier molecular flexibility index (Phi) is 3.12. The summed E-state index contributed by atoms with van der Waals surface area (Å²) < 4.78 is 0. The van der Waals surface area contributed by atoms with Crippen molar-refractivity contribution in [2.75, 3.05) is 0 Å². The fraction of sp³-hybridized carbons (Fsp3) is 0.400. The lowest BCUT2D eigenvalue weighted by Gasteiger charge is -2.09. The second-order valence-corrected chi connectivity index (χ2v) is 3.27. The highest BCUT2D eigenvalue weighted by molar-refractivity contribution is 5.85. The Balaban J connectivity index is 0.000000720. The molecule has 0 spiro atoms. The topological polar surface area (TPSA) is 26.0 Å². The van der Waals surface area contributed by atoms with Crippen LogP contribution in [0.15, 0.2) is 30.3 Å². The van der Waals surface area contributed by atoms with Crippen LogP contribution in [-0.4, -0.2) is 0 Å². The molecular weight excluding hydrogens is 170 g/mol. The lowest BCUT2D eigenvalue weighted by atomic mass is 10.0. The first-order valence-electron chi connectivity index (χ1n) is 4.18. The minimum atomic E-state index is 0. The Morgan fingerprint density at radius 2 is 1.75 bits per heavy atom. The van der Waals surface area contributed by atoms with Crippen molar-refractivity contribution in [3.05, 3.63) is 35.9 Å². The third-order valence-electron chi connectivity index (χ3n) is 2.31. The summed E-state index contributed by atoms with van der Waals surface area (Å²) in [5.74, 6) is 0.761. The van der Waals surface area contributed by atoms with E-state index in [-0.39, 0.29) is 18.4 Å². The molecule has 12 heavy (non-hydrogen) atoms. The van der Waals surface area contributed by atoms with E-state index in [1.807, 2.05) is 6.07 Å². The zero-order chi connectivity index (χ0) is 7.68. The third-order valence-corrected chi connectivity index (χ3v) is 2.31. The van der Waals surface area contributed by atoms with Gasteiger partial charge in [-0.25, -0.2) is 0 Å². The Labute approximate surface area is 79.4 Å². The van der Waals surface area contributed by atoms with Gasteiger partial charge in [-0.05, 0) is 24.3 Å². The van der Waals surface area contributed by atoms with Crippen molar-refractivity contribution in [1.29, 1.82) is 0 Å². The lowest BCUT2D eigenvalue weighted by Crippen LogP contribution is -2.11. The van der Waals surface area contributed by atoms with Gasteiger partial charge in [0.05, 0.1) is 0 Å². The number of nitrogens with two attached hydrogens (primary N) is 1. The Hall–Kier alpha value is -0.530. The number of rotatable bonds is 2. The van der Waals surface area contributed by atoms with E-state index in [0.717, 1.165) is 5.92 Å². The Bertz CT molecular complexity index is 231. The van der Waals surface area contributed by atoms with Crippen molar-refractivity contribution < 1.29 is 0 Å². The molecule has 2 N–H and O–H groups in total. The molecule has 1 fully saturated rings. The molecule has 0 radical (unpaired) electrons. The normalized spacial score (nSPS) is 18.1. The van der Waals surface area contributed by atoms with Crippen LogP contribution in [0.3, 0.4) is 0 Å². The lowest BCUT2D eigenvalue weighted by molar-refractivity contribution is 0.633. The fourth-order valence-corrected chi connectivity index (χ4v) is 1.40. The molecule has 1 aromatic rings. The van der Waals surface area contributed by atoms with Crippen LogP contribution in [0.4, 0.5) is 0 Å². The first-order chi connectivity index (χ1) is 5.38. The summed E-state index contributed by atoms with van der Waals surface area (Å²) in [5.41, 5.74) is 7.29. The fourth-order valence-electron chi connectivity index (χ4n) is 1.40. The number of benzene rings is 1. The highest BCUT2D eigenvalue weighted by Gasteiger charge is 2.28. The molecule has 0 amide bonds. The van der Waals surface area contributed by atoms with Crippen molar-refractivity contribution in [2.45, 2.75) is 18.9 Å². The van der Waals surface area contributed by atoms with E-state index < -0.39 is 0 Å². The van der Waals surface area contributed by atoms with Gasteiger partial charge in [0.1, 0.15) is 0 Å². The first kappa shape index (κ1) is 9.56. The molecule has 0 saturated heterocycles. The minimum Gasteiger partial charge on any atom is -0.324 e. The standard InChI is InChI=1S/C10H13N.ClH/c11-10(9-6-7-9)8-4-2-1-3-5-8;/h1-5,9-10H,6-7,11H2;1H/t10-;/m0./s1. The van der Waals surface area contributed by atoms with Gasteiger partial charge < -0.3 is 5.73 Å². The van der Waals surface area contributed by atoms with Crippen LogP contribution < -0.4 is 5.73 Å². The van der Waals surface area contributed by atoms with Gasteiger partial charge in [0, 0.05) is 6.04 Å². The van der Waals surface area contributed by atoms with E-state index in [4.69, 9.17) is 5.73 Å². The SMILES string of the molecule is Cl.N[C@@H](c1ccccc1)C1CC1. The molecule has 0 aliphatic heterocycles. The van der Waals surface area contributed by atoms with Crippen LogP contribution in [0, 0.1) is 5.92 Å². The summed E-state index contributed by atoms with van der Waals surface area (Å²) >= 11 is 0. The molecular formula is C10H14ClN. The molecule has 66 valence electrons. The highest BCUT2D eigenvalue weighted by Crippen LogP contribution is 2.39. The van der Waals surface area contributed by atoms with Gasteiger partial charge in [0.2, 0.25) is 0 Å². The zero-order valence-corrected chi connectivity index (χ0v) is 7.76. The predicted molar refractivity (Wildman–Crippen MR) is 53.3 cm³/mol. The average molecular weight is 184 g/mol. The van der Waals surface area contributed by atoms with Gasteiger partial charge >= 0.3 is 0 Å². The number of hydrogen-bond acceptors (Lipinski definition) is 1. The third kappa shape index (κ3) is 1.99. The maximum absolute atomic E-state index is 6.00. The van der Waals surface area contributed by atoms with E-state index >= 15 is 0 Å². The average Bonchev–Trinajstić information content (AvgIpc) is 2.87. The number of halogens is 1. The number of hydrogen-bond donors (Lipinski definition) is 1. The minimum absolute atomic E-state index is 0. The van der Waals surface area contributed by atoms with E-state index in [1.54, 1.807) is 0 Å². The van der Waals surface area contributed by atoms with Crippen molar-refractivity contribution in [3.8, 4) is 0 Å². The van der Waals surface area contributed by atoms with Crippen LogP contribution in [-0.2, 0) is 0 Å². The molecule has 1 nitrogen and oxygen atoms in total. The van der Waals surface area contributed by atoms with Crippen molar-refractivity contribution in [1.82, 2.24) is 0 Å². The summed E-state index contributed by atoms with van der Waals surface area (Å²) in [6.45, 7) is 0. The van der Waals surface area contributed by atoms with E-state index in [2.05, 4.69) is 24.3 Å². The van der Waals surface area contributed by atoms with Gasteiger partial charge in [-0.1, -0.05) is 30.3 Å². The first-order valence-corrected chi connectivity index (χ1v) is 4.18. The summed E-state index contributed by atoms with van der Waals surface area (Å²) in [6, 6.07) is 10.7. The maximum atomic E-state index is 6.00. The van der Waals surface area contributed by atoms with Gasteiger partial charge in [0.15, 0.2) is 0 Å². The molecule has 1 aromatic carbocycles. The molecule has 2 rings (SSSR count). The smallest absolute Gasteiger partial charge is 0.0323 e. The predicted octanol–water partition coefficient (Wildman–Crippen LogP) is 2.52. The van der Waals surface area contributed by atoms with Crippen LogP contribution in [0.1, 0.15) is 24.4 Å². The van der Waals surface area contributed by atoms with Gasteiger partial charge in [-0.2, -0.15) is 0 Å². The highest BCUT2D eigenvalue weighted by atomic mass is 35.5. The Morgan fingerprint density at radius 3 is 2.25 bits per heavy atom. The van der Waals surface area contributed by atoms with Crippen molar-refractivity contribution >= 4 is 12.4 Å². The molecule has 0 unspecified atom stereocenters. The van der Waals surface area contributed by atoms with Crippen molar-refractivity contribution in [2.24, 2.45) is 11.7 Å². The monoisotopic (exact) mass is 183 g/mol. The summed E-state index contributed by atoms with van der Waals surface area (Å²) in [7, 11) is 0. The van der Waals surface area contributed by atoms with Crippen LogP contribution in [0.25, 0.3) is 0 Å². The summed E-state index contributed by atoms with van der Waals surface area (Å²) in [6.07, 6.45) is 2.63. The van der Waals surface area contributed by atoms with E-state index in [1.165, 1.54) is 18.4 Å². The van der Waals surface area contributed by atoms with Crippen LogP contribution >= 0.6 is 12.4 Å². The molecule has 1 aliphatic carbocycles. The van der Waals surface area contributed by atoms with Gasteiger partial charge in [-0.3, -0.25) is 0 Å². The largest absolute Gasteiger partial charge is 0.324 e. The summed E-state index contributed by atoms with van der Waals surface area (Å²) in [4.78, 5) is 0. The van der Waals surface area contributed by atoms with Crippen LogP contribution in [0.5, 0.6) is 0 Å². The maximum Gasteiger partial charge on any atom is 0.0323 e. The molecule has 1 atom stereocenters. The molecule has 2 heteroatoms. The van der Waals surface area contributed by atoms with Gasteiger partial charge in [-0.15, -0.1) is 12.4 Å².